The molecule has 0 amide bonds. The molecule has 0 atom stereocenters. The van der Waals surface area contributed by atoms with E-state index in [4.69, 9.17) is 4.42 Å². The van der Waals surface area contributed by atoms with Gasteiger partial charge in [0, 0.05) is 5.69 Å². The Kier molecular flexibility index (Phi) is 2.63. The van der Waals surface area contributed by atoms with Crippen molar-refractivity contribution in [2.75, 3.05) is 0 Å². The van der Waals surface area contributed by atoms with Crippen molar-refractivity contribution in [3.05, 3.63) is 51.8 Å². The number of rotatable bonds is 1. The van der Waals surface area contributed by atoms with Crippen LogP contribution in [-0.4, -0.2) is 4.98 Å². The fourth-order valence-corrected chi connectivity index (χ4v) is 2.19. The first-order valence-corrected chi connectivity index (χ1v) is 6.40. The lowest BCUT2D eigenvalue weighted by Gasteiger charge is -2.06. The van der Waals surface area contributed by atoms with Gasteiger partial charge < -0.3 is 4.42 Å². The van der Waals surface area contributed by atoms with Gasteiger partial charge in [0.05, 0.1) is 10.8 Å². The van der Waals surface area contributed by atoms with E-state index in [1.165, 1.54) is 0 Å². The normalized spacial score (nSPS) is 11.6. The molecule has 0 aliphatic carbocycles. The van der Waals surface area contributed by atoms with Crippen molar-refractivity contribution in [2.24, 2.45) is 0 Å². The molecule has 3 heteroatoms. The summed E-state index contributed by atoms with van der Waals surface area (Å²) in [4.78, 5) is 16.9. The molecule has 0 unspecified atom stereocenters. The largest absolute Gasteiger partial charge is 0.437 e. The number of pyridine rings is 1. The van der Waals surface area contributed by atoms with E-state index in [0.29, 0.717) is 28.0 Å². The Balaban J connectivity index is 2.43. The molecule has 0 N–H and O–H groups in total. The van der Waals surface area contributed by atoms with Gasteiger partial charge in [0.25, 0.3) is 0 Å². The van der Waals surface area contributed by atoms with E-state index in [1.54, 1.807) is 0 Å². The van der Waals surface area contributed by atoms with Crippen molar-refractivity contribution in [1.29, 1.82) is 0 Å². The van der Waals surface area contributed by atoms with Crippen LogP contribution in [0.4, 0.5) is 0 Å². The van der Waals surface area contributed by atoms with E-state index in [-0.39, 0.29) is 5.43 Å². The maximum Gasteiger partial charge on any atom is 0.230 e. The summed E-state index contributed by atoms with van der Waals surface area (Å²) >= 11 is 0. The Morgan fingerprint density at radius 3 is 2.63 bits per heavy atom. The van der Waals surface area contributed by atoms with Crippen LogP contribution in [0.15, 0.2) is 39.5 Å². The third kappa shape index (κ3) is 1.91. The molecule has 0 fully saturated rings. The summed E-state index contributed by atoms with van der Waals surface area (Å²) < 4.78 is 5.76. The lowest BCUT2D eigenvalue weighted by atomic mass is 10.1. The highest BCUT2D eigenvalue weighted by molar-refractivity contribution is 5.88. The van der Waals surface area contributed by atoms with Crippen molar-refractivity contribution < 1.29 is 4.42 Å². The standard InChI is InChI=1S/C16H15NO2/c1-9(2)13-6-5-11-15(18)12-8-10(3)4-7-14(12)19-16(11)17-13/h4-9H,1-3H3. The summed E-state index contributed by atoms with van der Waals surface area (Å²) in [7, 11) is 0. The lowest BCUT2D eigenvalue weighted by molar-refractivity contribution is 0.638. The fourth-order valence-electron chi connectivity index (χ4n) is 2.19. The molecule has 0 radical (unpaired) electrons. The van der Waals surface area contributed by atoms with Gasteiger partial charge in [-0.3, -0.25) is 4.79 Å². The number of aromatic nitrogens is 1. The molecule has 0 spiro atoms. The molecule has 96 valence electrons. The van der Waals surface area contributed by atoms with Gasteiger partial charge in [0.2, 0.25) is 11.1 Å². The van der Waals surface area contributed by atoms with Gasteiger partial charge >= 0.3 is 0 Å². The van der Waals surface area contributed by atoms with Crippen LogP contribution in [-0.2, 0) is 0 Å². The maximum absolute atomic E-state index is 12.4. The summed E-state index contributed by atoms with van der Waals surface area (Å²) in [6.07, 6.45) is 0. The molecule has 0 aliphatic rings. The first kappa shape index (κ1) is 11.9. The number of nitrogens with zero attached hydrogens (tertiary/aromatic N) is 1. The summed E-state index contributed by atoms with van der Waals surface area (Å²) in [5, 5.41) is 1.16. The summed E-state index contributed by atoms with van der Waals surface area (Å²) in [5.74, 6) is 0.309. The van der Waals surface area contributed by atoms with Gasteiger partial charge in [-0.15, -0.1) is 0 Å². The predicted octanol–water partition coefficient (Wildman–Crippen LogP) is 3.77. The Labute approximate surface area is 110 Å². The highest BCUT2D eigenvalue weighted by atomic mass is 16.3. The second-order valence-corrected chi connectivity index (χ2v) is 5.17. The zero-order chi connectivity index (χ0) is 13.6. The topological polar surface area (TPSA) is 43.1 Å². The Morgan fingerprint density at radius 2 is 1.89 bits per heavy atom. The van der Waals surface area contributed by atoms with Gasteiger partial charge in [0.1, 0.15) is 5.58 Å². The number of fused-ring (bicyclic) bond motifs is 2. The van der Waals surface area contributed by atoms with Crippen LogP contribution in [0.3, 0.4) is 0 Å². The summed E-state index contributed by atoms with van der Waals surface area (Å²) in [5.41, 5.74) is 2.99. The number of aryl methyl sites for hydroxylation is 1. The molecule has 19 heavy (non-hydrogen) atoms. The smallest absolute Gasteiger partial charge is 0.230 e. The predicted molar refractivity (Wildman–Crippen MR) is 76.6 cm³/mol. The Hall–Kier alpha value is -2.16. The van der Waals surface area contributed by atoms with Crippen LogP contribution in [0.25, 0.3) is 22.1 Å². The van der Waals surface area contributed by atoms with Crippen LogP contribution in [0.5, 0.6) is 0 Å². The molecular weight excluding hydrogens is 238 g/mol. The first-order chi connectivity index (χ1) is 9.06. The number of hydrogen-bond donors (Lipinski definition) is 0. The molecule has 2 heterocycles. The average Bonchev–Trinajstić information content (AvgIpc) is 2.39. The van der Waals surface area contributed by atoms with E-state index < -0.39 is 0 Å². The van der Waals surface area contributed by atoms with Crippen molar-refractivity contribution in [1.82, 2.24) is 4.98 Å². The molecule has 0 saturated carbocycles. The van der Waals surface area contributed by atoms with Crippen molar-refractivity contribution in [3.8, 4) is 0 Å². The van der Waals surface area contributed by atoms with Crippen LogP contribution >= 0.6 is 0 Å². The lowest BCUT2D eigenvalue weighted by Crippen LogP contribution is -2.04. The fraction of sp³-hybridized carbons (Fsp3) is 0.250. The molecule has 3 rings (SSSR count). The third-order valence-electron chi connectivity index (χ3n) is 3.30. The van der Waals surface area contributed by atoms with E-state index >= 15 is 0 Å². The maximum atomic E-state index is 12.4. The first-order valence-electron chi connectivity index (χ1n) is 6.40. The molecule has 2 aromatic heterocycles. The monoisotopic (exact) mass is 253 g/mol. The van der Waals surface area contributed by atoms with Crippen molar-refractivity contribution >= 4 is 22.1 Å². The summed E-state index contributed by atoms with van der Waals surface area (Å²) in [6, 6.07) is 9.33. The summed E-state index contributed by atoms with van der Waals surface area (Å²) in [6.45, 7) is 6.09. The molecular formula is C16H15NO2. The van der Waals surface area contributed by atoms with Crippen molar-refractivity contribution in [2.45, 2.75) is 26.7 Å². The minimum absolute atomic E-state index is 0.0113. The number of benzene rings is 1. The van der Waals surface area contributed by atoms with Gasteiger partial charge in [-0.2, -0.15) is 0 Å². The van der Waals surface area contributed by atoms with E-state index in [9.17, 15) is 4.79 Å². The second kappa shape index (κ2) is 4.19. The Bertz CT molecular complexity index is 831. The highest BCUT2D eigenvalue weighted by Crippen LogP contribution is 2.20. The number of hydrogen-bond acceptors (Lipinski definition) is 3. The third-order valence-corrected chi connectivity index (χ3v) is 3.30. The zero-order valence-corrected chi connectivity index (χ0v) is 11.2. The van der Waals surface area contributed by atoms with Gasteiger partial charge in [-0.1, -0.05) is 25.5 Å². The van der Waals surface area contributed by atoms with Gasteiger partial charge in [-0.05, 0) is 37.1 Å². The SMILES string of the molecule is Cc1ccc2oc3nc(C(C)C)ccc3c(=O)c2c1. The van der Waals surface area contributed by atoms with Crippen LogP contribution < -0.4 is 5.43 Å². The Morgan fingerprint density at radius 1 is 1.11 bits per heavy atom. The van der Waals surface area contributed by atoms with E-state index in [0.717, 1.165) is 11.3 Å². The van der Waals surface area contributed by atoms with E-state index in [1.807, 2.05) is 37.3 Å². The molecule has 3 aromatic rings. The zero-order valence-electron chi connectivity index (χ0n) is 11.2. The van der Waals surface area contributed by atoms with Crippen LogP contribution in [0.2, 0.25) is 0 Å². The quantitative estimate of drug-likeness (QED) is 0.620. The van der Waals surface area contributed by atoms with Crippen molar-refractivity contribution in [3.63, 3.8) is 0 Å². The van der Waals surface area contributed by atoms with Crippen LogP contribution in [0.1, 0.15) is 31.0 Å². The molecule has 0 aliphatic heterocycles. The molecule has 0 bridgehead atoms. The minimum atomic E-state index is -0.0113. The van der Waals surface area contributed by atoms with Gasteiger partial charge in [-0.25, -0.2) is 4.98 Å². The average molecular weight is 253 g/mol. The minimum Gasteiger partial charge on any atom is -0.437 e. The van der Waals surface area contributed by atoms with Crippen LogP contribution in [0, 0.1) is 6.92 Å². The molecule has 1 aromatic carbocycles. The highest BCUT2D eigenvalue weighted by Gasteiger charge is 2.10. The van der Waals surface area contributed by atoms with E-state index in [2.05, 4.69) is 18.8 Å². The molecule has 0 saturated heterocycles. The second-order valence-electron chi connectivity index (χ2n) is 5.17. The van der Waals surface area contributed by atoms with Gasteiger partial charge in [0.15, 0.2) is 0 Å². The molecule has 3 nitrogen and oxygen atoms in total.